The number of aliphatic carboxylic acids is 1. The number of ether oxygens (including phenoxy) is 1. The lowest BCUT2D eigenvalue weighted by Gasteiger charge is -2.21. The summed E-state index contributed by atoms with van der Waals surface area (Å²) in [6.45, 7) is 3.68. The molecule has 2 rings (SSSR count). The van der Waals surface area contributed by atoms with Crippen molar-refractivity contribution in [2.45, 2.75) is 44.4 Å². The number of rotatable bonds is 12. The zero-order valence-corrected chi connectivity index (χ0v) is 17.3. The summed E-state index contributed by atoms with van der Waals surface area (Å²) in [4.78, 5) is 36.7. The molecule has 0 heterocycles. The maximum atomic E-state index is 12.8. The van der Waals surface area contributed by atoms with E-state index in [0.717, 1.165) is 11.1 Å². The molecule has 164 valence electrons. The van der Waals surface area contributed by atoms with E-state index >= 15 is 0 Å². The van der Waals surface area contributed by atoms with Crippen LogP contribution in [0.2, 0.25) is 0 Å². The molecule has 2 aromatic rings. The number of unbranched alkanes of at least 4 members (excludes halogenated alkanes) is 1. The Bertz CT molecular complexity index is 855. The second-order valence-corrected chi connectivity index (χ2v) is 7.07. The molecule has 0 fully saturated rings. The van der Waals surface area contributed by atoms with E-state index < -0.39 is 30.1 Å². The Morgan fingerprint density at radius 2 is 1.55 bits per heavy atom. The zero-order chi connectivity index (χ0) is 22.5. The molecule has 0 aliphatic heterocycles. The SMILES string of the molecule is C=CCCC[C@@H](NC(=O)[C@@H](Cc1ccccc1)NC(=O)OCc1ccccc1)C(=O)O. The number of amides is 2. The van der Waals surface area contributed by atoms with E-state index in [9.17, 15) is 19.5 Å². The first-order valence-electron chi connectivity index (χ1n) is 10.1. The fourth-order valence-electron chi connectivity index (χ4n) is 2.96. The molecule has 0 bridgehead atoms. The molecule has 2 aromatic carbocycles. The first kappa shape index (κ1) is 23.7. The van der Waals surface area contributed by atoms with Gasteiger partial charge >= 0.3 is 12.1 Å². The van der Waals surface area contributed by atoms with Crippen molar-refractivity contribution in [1.82, 2.24) is 10.6 Å². The van der Waals surface area contributed by atoms with E-state index in [1.54, 1.807) is 6.08 Å². The zero-order valence-electron chi connectivity index (χ0n) is 17.3. The summed E-state index contributed by atoms with van der Waals surface area (Å²) in [7, 11) is 0. The van der Waals surface area contributed by atoms with Crippen LogP contribution in [0.4, 0.5) is 4.79 Å². The molecule has 31 heavy (non-hydrogen) atoms. The highest BCUT2D eigenvalue weighted by atomic mass is 16.5. The first-order valence-corrected chi connectivity index (χ1v) is 10.1. The third kappa shape index (κ3) is 8.74. The largest absolute Gasteiger partial charge is 0.480 e. The predicted molar refractivity (Wildman–Crippen MR) is 117 cm³/mol. The quantitative estimate of drug-likeness (QED) is 0.358. The smallest absolute Gasteiger partial charge is 0.408 e. The molecule has 0 radical (unpaired) electrons. The Morgan fingerprint density at radius 1 is 0.935 bits per heavy atom. The standard InChI is InChI=1S/C24H28N2O5/c1-2-3-6-15-20(23(28)29)25-22(27)21(16-18-11-7-4-8-12-18)26-24(30)31-17-19-13-9-5-10-14-19/h2,4-5,7-14,20-21H,1,3,6,15-17H2,(H,25,27)(H,26,30)(H,28,29)/t20-,21-/m1/s1. The Balaban J connectivity index is 2.03. The lowest BCUT2D eigenvalue weighted by Crippen LogP contribution is -2.52. The number of carbonyl (C=O) groups excluding carboxylic acids is 2. The van der Waals surface area contributed by atoms with Crippen molar-refractivity contribution in [3.05, 3.63) is 84.4 Å². The lowest BCUT2D eigenvalue weighted by molar-refractivity contribution is -0.142. The molecule has 0 aromatic heterocycles. The monoisotopic (exact) mass is 424 g/mol. The summed E-state index contributed by atoms with van der Waals surface area (Å²) in [5.41, 5.74) is 1.64. The van der Waals surface area contributed by atoms with Crippen molar-refractivity contribution in [2.75, 3.05) is 0 Å². The number of nitrogens with one attached hydrogen (secondary N) is 2. The summed E-state index contributed by atoms with van der Waals surface area (Å²) in [5, 5.41) is 14.5. The van der Waals surface area contributed by atoms with E-state index in [1.165, 1.54) is 0 Å². The van der Waals surface area contributed by atoms with Crippen molar-refractivity contribution in [3.8, 4) is 0 Å². The van der Waals surface area contributed by atoms with E-state index in [1.807, 2.05) is 60.7 Å². The van der Waals surface area contributed by atoms with Gasteiger partial charge in [0.2, 0.25) is 5.91 Å². The minimum atomic E-state index is -1.12. The van der Waals surface area contributed by atoms with E-state index in [-0.39, 0.29) is 19.4 Å². The predicted octanol–water partition coefficient (Wildman–Crippen LogP) is 3.45. The van der Waals surface area contributed by atoms with Crippen LogP contribution in [0.5, 0.6) is 0 Å². The van der Waals surface area contributed by atoms with Crippen molar-refractivity contribution in [3.63, 3.8) is 0 Å². The fraction of sp³-hybridized carbons (Fsp3) is 0.292. The van der Waals surface area contributed by atoms with Gasteiger partial charge in [-0.3, -0.25) is 4.79 Å². The van der Waals surface area contributed by atoms with Crippen molar-refractivity contribution >= 4 is 18.0 Å². The molecule has 7 heteroatoms. The van der Waals surface area contributed by atoms with Crippen LogP contribution in [0.25, 0.3) is 0 Å². The van der Waals surface area contributed by atoms with Gasteiger partial charge in [0.25, 0.3) is 0 Å². The minimum absolute atomic E-state index is 0.0612. The normalized spacial score (nSPS) is 12.3. The molecular formula is C24H28N2O5. The van der Waals surface area contributed by atoms with Gasteiger partial charge in [0.15, 0.2) is 0 Å². The van der Waals surface area contributed by atoms with Crippen molar-refractivity contribution in [2.24, 2.45) is 0 Å². The third-order valence-corrected chi connectivity index (χ3v) is 4.62. The maximum absolute atomic E-state index is 12.8. The number of allylic oxidation sites excluding steroid dienone is 1. The number of hydrogen-bond acceptors (Lipinski definition) is 4. The Hall–Kier alpha value is -3.61. The van der Waals surface area contributed by atoms with Crippen LogP contribution in [0.15, 0.2) is 73.3 Å². The highest BCUT2D eigenvalue weighted by Gasteiger charge is 2.27. The first-order chi connectivity index (χ1) is 15.0. The fourth-order valence-corrected chi connectivity index (χ4v) is 2.96. The van der Waals surface area contributed by atoms with Crippen LogP contribution >= 0.6 is 0 Å². The van der Waals surface area contributed by atoms with Gasteiger partial charge in [-0.2, -0.15) is 0 Å². The number of alkyl carbamates (subject to hydrolysis) is 1. The molecule has 0 spiro atoms. The topological polar surface area (TPSA) is 105 Å². The van der Waals surface area contributed by atoms with Crippen LogP contribution in [0.3, 0.4) is 0 Å². The third-order valence-electron chi connectivity index (χ3n) is 4.62. The maximum Gasteiger partial charge on any atom is 0.408 e. The van der Waals surface area contributed by atoms with Gasteiger partial charge in [0, 0.05) is 6.42 Å². The molecule has 2 amide bonds. The second kappa shape index (κ2) is 12.8. The molecule has 0 saturated heterocycles. The van der Waals surface area contributed by atoms with E-state index in [0.29, 0.717) is 12.8 Å². The number of benzene rings is 2. The van der Waals surface area contributed by atoms with Crippen LogP contribution in [0.1, 0.15) is 30.4 Å². The van der Waals surface area contributed by atoms with Gasteiger partial charge in [-0.05, 0) is 30.4 Å². The van der Waals surface area contributed by atoms with Crippen LogP contribution in [0, 0.1) is 0 Å². The lowest BCUT2D eigenvalue weighted by atomic mass is 10.0. The highest BCUT2D eigenvalue weighted by Crippen LogP contribution is 2.07. The van der Waals surface area contributed by atoms with Gasteiger partial charge in [0.05, 0.1) is 0 Å². The number of carbonyl (C=O) groups is 3. The molecule has 3 N–H and O–H groups in total. The Kier molecular flexibility index (Phi) is 9.81. The molecule has 0 saturated carbocycles. The minimum Gasteiger partial charge on any atom is -0.480 e. The van der Waals surface area contributed by atoms with Gasteiger partial charge in [-0.15, -0.1) is 6.58 Å². The van der Waals surface area contributed by atoms with E-state index in [4.69, 9.17) is 4.74 Å². The molecule has 0 unspecified atom stereocenters. The summed E-state index contributed by atoms with van der Waals surface area (Å²) >= 11 is 0. The van der Waals surface area contributed by atoms with Crippen LogP contribution in [-0.2, 0) is 27.4 Å². The van der Waals surface area contributed by atoms with Gasteiger partial charge in [-0.1, -0.05) is 66.7 Å². The summed E-state index contributed by atoms with van der Waals surface area (Å²) in [5.74, 6) is -1.70. The summed E-state index contributed by atoms with van der Waals surface area (Å²) in [6, 6.07) is 16.3. The van der Waals surface area contributed by atoms with Crippen LogP contribution < -0.4 is 10.6 Å². The van der Waals surface area contributed by atoms with Crippen molar-refractivity contribution in [1.29, 1.82) is 0 Å². The molecule has 7 nitrogen and oxygen atoms in total. The summed E-state index contributed by atoms with van der Waals surface area (Å²) < 4.78 is 5.22. The number of carboxylic acid groups (broad SMARTS) is 1. The second-order valence-electron chi connectivity index (χ2n) is 7.07. The average Bonchev–Trinajstić information content (AvgIpc) is 2.78. The summed E-state index contributed by atoms with van der Waals surface area (Å²) in [6.07, 6.45) is 2.64. The molecule has 0 aliphatic rings. The molecule has 2 atom stereocenters. The molecular weight excluding hydrogens is 396 g/mol. The van der Waals surface area contributed by atoms with Gasteiger partial charge in [0.1, 0.15) is 18.7 Å². The Labute approximate surface area is 182 Å². The Morgan fingerprint density at radius 3 is 2.13 bits per heavy atom. The number of carboxylic acids is 1. The van der Waals surface area contributed by atoms with Gasteiger partial charge in [-0.25, -0.2) is 9.59 Å². The van der Waals surface area contributed by atoms with Crippen LogP contribution in [-0.4, -0.2) is 35.2 Å². The van der Waals surface area contributed by atoms with Gasteiger partial charge < -0.3 is 20.5 Å². The number of hydrogen-bond donors (Lipinski definition) is 3. The van der Waals surface area contributed by atoms with Crippen molar-refractivity contribution < 1.29 is 24.2 Å². The molecule has 0 aliphatic carbocycles. The van der Waals surface area contributed by atoms with E-state index in [2.05, 4.69) is 17.2 Å². The average molecular weight is 424 g/mol. The highest BCUT2D eigenvalue weighted by molar-refractivity contribution is 5.89.